The summed E-state index contributed by atoms with van der Waals surface area (Å²) in [5, 5.41) is 6.37. The zero-order chi connectivity index (χ0) is 19.8. The van der Waals surface area contributed by atoms with Gasteiger partial charge in [0.05, 0.1) is 27.8 Å². The molecule has 3 heterocycles. The first kappa shape index (κ1) is 18.1. The highest BCUT2D eigenvalue weighted by Crippen LogP contribution is 2.29. The van der Waals surface area contributed by atoms with E-state index in [0.29, 0.717) is 10.4 Å². The largest absolute Gasteiger partial charge is 0.315 e. The molecule has 1 amide bonds. The third-order valence-corrected chi connectivity index (χ3v) is 5.74. The summed E-state index contributed by atoms with van der Waals surface area (Å²) in [4.78, 5) is 27.0. The van der Waals surface area contributed by atoms with Crippen LogP contribution in [-0.4, -0.2) is 28.4 Å². The molecule has 0 bridgehead atoms. The Kier molecular flexibility index (Phi) is 4.57. The maximum Gasteiger partial charge on any atom is 0.223 e. The predicted octanol–water partition coefficient (Wildman–Crippen LogP) is 4.58. The van der Waals surface area contributed by atoms with Gasteiger partial charge >= 0.3 is 0 Å². The van der Waals surface area contributed by atoms with Gasteiger partial charge in [0.15, 0.2) is 0 Å². The van der Waals surface area contributed by atoms with Crippen LogP contribution in [0.15, 0.2) is 60.1 Å². The first-order chi connectivity index (χ1) is 13.5. The van der Waals surface area contributed by atoms with E-state index >= 15 is 0 Å². The van der Waals surface area contributed by atoms with Crippen LogP contribution in [0.2, 0.25) is 0 Å². The Balaban J connectivity index is 1.84. The Morgan fingerprint density at radius 3 is 2.64 bits per heavy atom. The Morgan fingerprint density at radius 2 is 1.93 bits per heavy atom. The molecule has 5 nitrogen and oxygen atoms in total. The van der Waals surface area contributed by atoms with Crippen LogP contribution in [0.1, 0.15) is 27.7 Å². The number of rotatable bonds is 4. The molecule has 0 saturated carbocycles. The zero-order valence-corrected chi connectivity index (χ0v) is 16.7. The number of carbonyl (C=O) groups is 2. The van der Waals surface area contributed by atoms with E-state index in [1.807, 2.05) is 60.8 Å². The Hall–Kier alpha value is -3.25. The smallest absolute Gasteiger partial charge is 0.223 e. The van der Waals surface area contributed by atoms with Crippen molar-refractivity contribution in [2.24, 2.45) is 0 Å². The van der Waals surface area contributed by atoms with E-state index in [-0.39, 0.29) is 11.7 Å². The lowest BCUT2D eigenvalue weighted by atomic mass is 10.1. The van der Waals surface area contributed by atoms with E-state index < -0.39 is 0 Å². The molecule has 0 spiro atoms. The van der Waals surface area contributed by atoms with E-state index in [1.54, 1.807) is 29.6 Å². The van der Waals surface area contributed by atoms with Gasteiger partial charge in [0.1, 0.15) is 0 Å². The van der Waals surface area contributed by atoms with Gasteiger partial charge in [0.2, 0.25) is 11.7 Å². The molecule has 6 heteroatoms. The summed E-state index contributed by atoms with van der Waals surface area (Å²) >= 11 is 1.42. The molecule has 0 aliphatic rings. The summed E-state index contributed by atoms with van der Waals surface area (Å²) in [6.45, 7) is 3.52. The second-order valence-corrected chi connectivity index (χ2v) is 7.60. The van der Waals surface area contributed by atoms with Crippen LogP contribution in [-0.2, 0) is 4.79 Å². The van der Waals surface area contributed by atoms with Gasteiger partial charge in [-0.2, -0.15) is 5.10 Å². The molecule has 0 fully saturated rings. The van der Waals surface area contributed by atoms with E-state index in [1.165, 1.54) is 11.3 Å². The molecule has 4 aromatic rings. The van der Waals surface area contributed by atoms with Crippen LogP contribution in [0.5, 0.6) is 0 Å². The standard InChI is InChI=1S/C22H19N3O2S/c1-14-9-10-16(12-20(14)24(3)15(2)26)18-6-4-7-19-17(13-23-25(18)19)22(27)21-8-5-11-28-21/h4-13H,1-3H3. The molecule has 1 aromatic carbocycles. The summed E-state index contributed by atoms with van der Waals surface area (Å²) in [5.74, 6) is -0.0514. The Morgan fingerprint density at radius 1 is 1.11 bits per heavy atom. The molecule has 4 rings (SSSR count). The van der Waals surface area contributed by atoms with Crippen molar-refractivity contribution >= 4 is 34.2 Å². The number of hydrogen-bond donors (Lipinski definition) is 0. The first-order valence-electron chi connectivity index (χ1n) is 8.87. The summed E-state index contributed by atoms with van der Waals surface area (Å²) in [5.41, 5.74) is 5.00. The van der Waals surface area contributed by atoms with Crippen molar-refractivity contribution in [3.63, 3.8) is 0 Å². The number of amides is 1. The number of ketones is 1. The maximum atomic E-state index is 12.8. The summed E-state index contributed by atoms with van der Waals surface area (Å²) in [6, 6.07) is 15.4. The van der Waals surface area contributed by atoms with Crippen molar-refractivity contribution < 1.29 is 9.59 Å². The minimum Gasteiger partial charge on any atom is -0.315 e. The average Bonchev–Trinajstić information content (AvgIpc) is 3.37. The number of aryl methyl sites for hydroxylation is 1. The second kappa shape index (κ2) is 7.05. The van der Waals surface area contributed by atoms with Crippen molar-refractivity contribution in [1.29, 1.82) is 0 Å². The number of anilines is 1. The van der Waals surface area contributed by atoms with E-state index in [4.69, 9.17) is 0 Å². The molecule has 0 saturated heterocycles. The lowest BCUT2D eigenvalue weighted by Crippen LogP contribution is -2.23. The molecule has 0 aliphatic heterocycles. The predicted molar refractivity (Wildman–Crippen MR) is 112 cm³/mol. The number of carbonyl (C=O) groups excluding carboxylic acids is 2. The maximum absolute atomic E-state index is 12.8. The molecular weight excluding hydrogens is 370 g/mol. The SMILES string of the molecule is CC(=O)N(C)c1cc(-c2cccc3c(C(=O)c4cccs4)cnn23)ccc1C. The monoisotopic (exact) mass is 389 g/mol. The van der Waals surface area contributed by atoms with Gasteiger partial charge in [-0.3, -0.25) is 9.59 Å². The van der Waals surface area contributed by atoms with Crippen LogP contribution < -0.4 is 4.90 Å². The molecule has 0 atom stereocenters. The third-order valence-electron chi connectivity index (χ3n) is 4.87. The topological polar surface area (TPSA) is 54.7 Å². The van der Waals surface area contributed by atoms with Crippen LogP contribution in [0, 0.1) is 6.92 Å². The number of thiophene rings is 1. The number of hydrogen-bond acceptors (Lipinski definition) is 4. The van der Waals surface area contributed by atoms with Gasteiger partial charge in [-0.05, 0) is 42.1 Å². The first-order valence-corrected chi connectivity index (χ1v) is 9.75. The summed E-state index contributed by atoms with van der Waals surface area (Å²) in [7, 11) is 1.76. The lowest BCUT2D eigenvalue weighted by molar-refractivity contribution is -0.116. The summed E-state index contributed by atoms with van der Waals surface area (Å²) in [6.07, 6.45) is 1.62. The van der Waals surface area contributed by atoms with Crippen LogP contribution in [0.25, 0.3) is 16.8 Å². The number of fused-ring (bicyclic) bond motifs is 1. The van der Waals surface area contributed by atoms with Gasteiger partial charge < -0.3 is 4.90 Å². The molecule has 0 N–H and O–H groups in total. The van der Waals surface area contributed by atoms with Gasteiger partial charge in [0.25, 0.3) is 0 Å². The van der Waals surface area contributed by atoms with Gasteiger partial charge in [-0.1, -0.05) is 24.3 Å². The van der Waals surface area contributed by atoms with Crippen molar-refractivity contribution in [1.82, 2.24) is 9.61 Å². The highest BCUT2D eigenvalue weighted by atomic mass is 32.1. The van der Waals surface area contributed by atoms with Crippen molar-refractivity contribution in [3.8, 4) is 11.3 Å². The van der Waals surface area contributed by atoms with Crippen LogP contribution in [0.4, 0.5) is 5.69 Å². The van der Waals surface area contributed by atoms with Gasteiger partial charge in [0, 0.05) is 25.2 Å². The average molecular weight is 389 g/mol. The highest BCUT2D eigenvalue weighted by molar-refractivity contribution is 7.12. The number of pyridine rings is 1. The Labute approximate surface area is 166 Å². The van der Waals surface area contributed by atoms with E-state index in [9.17, 15) is 9.59 Å². The molecule has 0 unspecified atom stereocenters. The van der Waals surface area contributed by atoms with Gasteiger partial charge in [-0.25, -0.2) is 4.52 Å². The quantitative estimate of drug-likeness (QED) is 0.480. The molecule has 0 radical (unpaired) electrons. The fourth-order valence-electron chi connectivity index (χ4n) is 3.24. The van der Waals surface area contributed by atoms with Gasteiger partial charge in [-0.15, -0.1) is 11.3 Å². The number of aromatic nitrogens is 2. The fraction of sp³-hybridized carbons (Fsp3) is 0.136. The Bertz CT molecular complexity index is 1190. The molecule has 28 heavy (non-hydrogen) atoms. The minimum atomic E-state index is -0.0265. The second-order valence-electron chi connectivity index (χ2n) is 6.65. The highest BCUT2D eigenvalue weighted by Gasteiger charge is 2.18. The van der Waals surface area contributed by atoms with Crippen LogP contribution >= 0.6 is 11.3 Å². The molecule has 0 aliphatic carbocycles. The van der Waals surface area contributed by atoms with Crippen molar-refractivity contribution in [2.75, 3.05) is 11.9 Å². The fourth-order valence-corrected chi connectivity index (χ4v) is 3.92. The minimum absolute atomic E-state index is 0.0249. The van der Waals surface area contributed by atoms with E-state index in [0.717, 1.165) is 28.0 Å². The third kappa shape index (κ3) is 3.01. The van der Waals surface area contributed by atoms with E-state index in [2.05, 4.69) is 5.10 Å². The summed E-state index contributed by atoms with van der Waals surface area (Å²) < 4.78 is 1.78. The van der Waals surface area contributed by atoms with Crippen molar-refractivity contribution in [2.45, 2.75) is 13.8 Å². The van der Waals surface area contributed by atoms with Crippen LogP contribution in [0.3, 0.4) is 0 Å². The molecule has 3 aromatic heterocycles. The molecular formula is C22H19N3O2S. The normalized spacial score (nSPS) is 11.0. The zero-order valence-electron chi connectivity index (χ0n) is 15.8. The number of benzene rings is 1. The molecule has 140 valence electrons. The lowest BCUT2D eigenvalue weighted by Gasteiger charge is -2.19. The van der Waals surface area contributed by atoms with Crippen molar-refractivity contribution in [3.05, 3.63) is 76.1 Å². The number of nitrogens with zero attached hydrogens (tertiary/aromatic N) is 3.